The van der Waals surface area contributed by atoms with Crippen LogP contribution in [0.2, 0.25) is 0 Å². The Morgan fingerprint density at radius 3 is 2.23 bits per heavy atom. The first-order valence-corrected chi connectivity index (χ1v) is 18.9. The van der Waals surface area contributed by atoms with Crippen molar-refractivity contribution < 1.29 is 36.7 Å². The molecule has 0 radical (unpaired) electrons. The van der Waals surface area contributed by atoms with E-state index in [2.05, 4.69) is 54.4 Å². The van der Waals surface area contributed by atoms with Crippen LogP contribution in [0.4, 0.5) is 11.6 Å². The van der Waals surface area contributed by atoms with Gasteiger partial charge in [-0.2, -0.15) is 0 Å². The average Bonchev–Trinajstić information content (AvgIpc) is 3.75. The van der Waals surface area contributed by atoms with Crippen molar-refractivity contribution in [1.82, 2.24) is 39.0 Å². The SMILES string of the molecule is CC[C@@]12COP(=O)(S)O[C@@H]3C[C@@H](COP(=O)(S)O[C@H]1C[C@H](n1cnc4c(N)ncnc41)O2)O[C@H]3n1cnc2c(N)ncnc21. The molecule has 18 nitrogen and oxygen atoms in total. The van der Waals surface area contributed by atoms with E-state index in [9.17, 15) is 9.13 Å². The zero-order valence-electron chi connectivity index (χ0n) is 23.0. The van der Waals surface area contributed by atoms with E-state index in [1.54, 1.807) is 9.13 Å². The quantitative estimate of drug-likeness (QED) is 0.179. The molecule has 3 saturated heterocycles. The number of rotatable bonds is 3. The third-order valence-electron chi connectivity index (χ3n) is 7.90. The van der Waals surface area contributed by atoms with Gasteiger partial charge in [-0.25, -0.2) is 39.0 Å². The lowest BCUT2D eigenvalue weighted by molar-refractivity contribution is -0.122. The molecule has 7 rings (SSSR count). The summed E-state index contributed by atoms with van der Waals surface area (Å²) in [7, 11) is 0. The molecule has 236 valence electrons. The number of imidazole rings is 2. The van der Waals surface area contributed by atoms with E-state index < -0.39 is 50.0 Å². The van der Waals surface area contributed by atoms with E-state index in [0.717, 1.165) is 0 Å². The topological polar surface area (TPSA) is 229 Å². The molecule has 0 spiro atoms. The molecular formula is C22H28N10O8P2S2. The van der Waals surface area contributed by atoms with Crippen LogP contribution in [-0.2, 0) is 36.7 Å². The van der Waals surface area contributed by atoms with Crippen molar-refractivity contribution >= 4 is 72.1 Å². The zero-order valence-corrected chi connectivity index (χ0v) is 26.6. The fourth-order valence-corrected chi connectivity index (χ4v) is 8.77. The Morgan fingerprint density at radius 1 is 0.909 bits per heavy atom. The summed E-state index contributed by atoms with van der Waals surface area (Å²) in [6.45, 7) is -6.73. The van der Waals surface area contributed by atoms with Gasteiger partial charge in [0.05, 0.1) is 32.0 Å². The van der Waals surface area contributed by atoms with Gasteiger partial charge in [-0.3, -0.25) is 27.2 Å². The number of nitrogens with two attached hydrogens (primary N) is 2. The second kappa shape index (κ2) is 11.2. The third kappa shape index (κ3) is 5.40. The van der Waals surface area contributed by atoms with E-state index in [4.69, 9.17) is 39.0 Å². The summed E-state index contributed by atoms with van der Waals surface area (Å²) < 4.78 is 66.8. The predicted octanol–water partition coefficient (Wildman–Crippen LogP) is 3.08. The molecule has 2 unspecified atom stereocenters. The maximum atomic E-state index is 13.7. The summed E-state index contributed by atoms with van der Waals surface area (Å²) >= 11 is 8.56. The first-order valence-electron chi connectivity index (χ1n) is 13.5. The second-order valence-corrected chi connectivity index (χ2v) is 16.3. The Morgan fingerprint density at radius 2 is 1.55 bits per heavy atom. The molecule has 0 amide bonds. The van der Waals surface area contributed by atoms with Crippen LogP contribution in [0.3, 0.4) is 0 Å². The van der Waals surface area contributed by atoms with E-state index in [0.29, 0.717) is 28.7 Å². The number of ether oxygens (including phenoxy) is 2. The Kier molecular flexibility index (Phi) is 7.67. The minimum Gasteiger partial charge on any atom is -0.382 e. The molecule has 44 heavy (non-hydrogen) atoms. The van der Waals surface area contributed by atoms with Gasteiger partial charge in [-0.05, 0) is 6.42 Å². The van der Waals surface area contributed by atoms with Crippen LogP contribution >= 0.6 is 38.1 Å². The van der Waals surface area contributed by atoms with Gasteiger partial charge >= 0.3 is 13.6 Å². The van der Waals surface area contributed by atoms with Crippen LogP contribution in [0, 0.1) is 0 Å². The van der Waals surface area contributed by atoms with Crippen molar-refractivity contribution in [1.29, 1.82) is 0 Å². The van der Waals surface area contributed by atoms with Crippen molar-refractivity contribution in [2.24, 2.45) is 0 Å². The number of hydrogen-bond donors (Lipinski definition) is 4. The second-order valence-electron chi connectivity index (χ2n) is 10.5. The van der Waals surface area contributed by atoms with Gasteiger partial charge in [0.2, 0.25) is 0 Å². The highest BCUT2D eigenvalue weighted by molar-refractivity contribution is 8.44. The van der Waals surface area contributed by atoms with Gasteiger partial charge in [0.1, 0.15) is 47.7 Å². The monoisotopic (exact) mass is 686 g/mol. The summed E-state index contributed by atoms with van der Waals surface area (Å²) in [5, 5.41) is 0. The van der Waals surface area contributed by atoms with Crippen LogP contribution < -0.4 is 11.5 Å². The van der Waals surface area contributed by atoms with Gasteiger partial charge in [0, 0.05) is 12.8 Å². The highest BCUT2D eigenvalue weighted by Gasteiger charge is 2.54. The fourth-order valence-electron chi connectivity index (χ4n) is 5.70. The molecule has 8 atom stereocenters. The standard InChI is InChI=1S/C22H28N10O8P2S2/c1-2-22-6-36-42(34,44)39-12-3-11(37-21(12)32-10-30-16-18(24)26-8-28-20(16)32)5-35-41(33,43)40-13(22)4-14(38-22)31-9-29-15-17(23)25-7-27-19(15)31/h7-14,21H,2-6H2,1H3,(H,33,43)(H,34,44)(H2,23,25,27)(H2,24,26,28)/t11-,12+,13-,14+,21+,22+,41?,42?/m0/s1. The normalized spacial score (nSPS) is 36.6. The largest absolute Gasteiger partial charge is 0.386 e. The summed E-state index contributed by atoms with van der Waals surface area (Å²) in [5.41, 5.74) is 12.2. The molecule has 0 saturated carbocycles. The van der Waals surface area contributed by atoms with Gasteiger partial charge < -0.3 is 20.9 Å². The number of aromatic nitrogens is 8. The molecule has 4 N–H and O–H groups in total. The summed E-state index contributed by atoms with van der Waals surface area (Å²) in [6.07, 6.45) is 2.18. The fraction of sp³-hybridized carbons (Fsp3) is 0.545. The van der Waals surface area contributed by atoms with E-state index in [-0.39, 0.29) is 37.7 Å². The molecule has 2 bridgehead atoms. The summed E-state index contributed by atoms with van der Waals surface area (Å²) in [6, 6.07) is 0. The molecule has 4 aromatic heterocycles. The molecule has 3 aliphatic rings. The Balaban J connectivity index is 1.21. The smallest absolute Gasteiger partial charge is 0.382 e. The lowest BCUT2D eigenvalue weighted by Gasteiger charge is -2.34. The van der Waals surface area contributed by atoms with Crippen molar-refractivity contribution in [3.8, 4) is 0 Å². The van der Waals surface area contributed by atoms with Crippen molar-refractivity contribution in [3.63, 3.8) is 0 Å². The Hall–Kier alpha value is -2.38. The molecule has 0 aromatic carbocycles. The van der Waals surface area contributed by atoms with Crippen molar-refractivity contribution in [2.45, 2.75) is 62.6 Å². The molecule has 0 aliphatic carbocycles. The summed E-state index contributed by atoms with van der Waals surface area (Å²) in [5.74, 6) is 0.381. The highest BCUT2D eigenvalue weighted by atomic mass is 32.7. The first-order chi connectivity index (χ1) is 21.0. The van der Waals surface area contributed by atoms with E-state index >= 15 is 0 Å². The van der Waals surface area contributed by atoms with Crippen LogP contribution in [0.5, 0.6) is 0 Å². The molecule has 3 fully saturated rings. The Bertz CT molecular complexity index is 1830. The average molecular weight is 687 g/mol. The molecule has 22 heteroatoms. The molecule has 4 aromatic rings. The summed E-state index contributed by atoms with van der Waals surface area (Å²) in [4.78, 5) is 25.1. The van der Waals surface area contributed by atoms with Crippen LogP contribution in [0.1, 0.15) is 38.6 Å². The van der Waals surface area contributed by atoms with Gasteiger partial charge in [0.25, 0.3) is 0 Å². The molecule has 3 aliphatic heterocycles. The number of anilines is 2. The van der Waals surface area contributed by atoms with Crippen LogP contribution in [0.15, 0.2) is 25.3 Å². The lowest BCUT2D eigenvalue weighted by Crippen LogP contribution is -2.44. The maximum Gasteiger partial charge on any atom is 0.386 e. The zero-order chi connectivity index (χ0) is 30.9. The Labute approximate surface area is 259 Å². The minimum atomic E-state index is -4.07. The number of fused-ring (bicyclic) bond motifs is 5. The van der Waals surface area contributed by atoms with E-state index in [1.807, 2.05) is 6.92 Å². The number of hydrogen-bond acceptors (Lipinski definition) is 16. The lowest BCUT2D eigenvalue weighted by atomic mass is 9.95. The number of thiol groups is 2. The maximum absolute atomic E-state index is 13.7. The number of nitrogen functional groups attached to an aromatic ring is 2. The van der Waals surface area contributed by atoms with Gasteiger partial charge in [-0.15, -0.1) is 0 Å². The van der Waals surface area contributed by atoms with Crippen molar-refractivity contribution in [3.05, 3.63) is 25.3 Å². The van der Waals surface area contributed by atoms with E-state index in [1.165, 1.54) is 25.3 Å². The minimum absolute atomic E-state index is 0.168. The van der Waals surface area contributed by atoms with Crippen LogP contribution in [-0.4, -0.2) is 76.2 Å². The predicted molar refractivity (Wildman–Crippen MR) is 161 cm³/mol. The highest BCUT2D eigenvalue weighted by Crippen LogP contribution is 2.62. The van der Waals surface area contributed by atoms with Gasteiger partial charge in [-0.1, -0.05) is 31.4 Å². The van der Waals surface area contributed by atoms with Gasteiger partial charge in [0.15, 0.2) is 29.2 Å². The van der Waals surface area contributed by atoms with Crippen LogP contribution in [0.25, 0.3) is 22.3 Å². The molecule has 7 heterocycles. The first kappa shape index (κ1) is 30.3. The van der Waals surface area contributed by atoms with Crippen molar-refractivity contribution in [2.75, 3.05) is 24.7 Å². The molecular weight excluding hydrogens is 658 g/mol. The number of nitrogens with zero attached hydrogens (tertiary/aromatic N) is 8. The third-order valence-corrected chi connectivity index (χ3v) is 11.1.